The highest BCUT2D eigenvalue weighted by Crippen LogP contribution is 2.35. The fourth-order valence-electron chi connectivity index (χ4n) is 2.96. The summed E-state index contributed by atoms with van der Waals surface area (Å²) in [6.45, 7) is 0.449. The van der Waals surface area contributed by atoms with Gasteiger partial charge in [-0.3, -0.25) is 0 Å². The maximum atomic E-state index is 13.4. The predicted molar refractivity (Wildman–Crippen MR) is 86.3 cm³/mol. The Bertz CT molecular complexity index is 932. The van der Waals surface area contributed by atoms with Crippen LogP contribution >= 0.6 is 0 Å². The van der Waals surface area contributed by atoms with Gasteiger partial charge < -0.3 is 4.90 Å². The van der Waals surface area contributed by atoms with Gasteiger partial charge in [-0.2, -0.15) is 27.8 Å². The lowest BCUT2D eigenvalue weighted by molar-refractivity contribution is -0.141. The van der Waals surface area contributed by atoms with Gasteiger partial charge in [0.25, 0.3) is 5.78 Å². The van der Waals surface area contributed by atoms with Crippen molar-refractivity contribution >= 4 is 11.6 Å². The SMILES string of the molecule is Fc1cccc(CCN(c2cc(C(F)(F)F)nc3ncnn23)C2CC2)c1. The molecule has 1 fully saturated rings. The summed E-state index contributed by atoms with van der Waals surface area (Å²) in [4.78, 5) is 9.24. The number of nitrogens with zero attached hydrogens (tertiary/aromatic N) is 5. The second-order valence-corrected chi connectivity index (χ2v) is 6.27. The van der Waals surface area contributed by atoms with Gasteiger partial charge in [-0.1, -0.05) is 12.1 Å². The summed E-state index contributed by atoms with van der Waals surface area (Å²) in [5.41, 5.74) is -0.208. The number of anilines is 1. The maximum Gasteiger partial charge on any atom is 0.433 e. The summed E-state index contributed by atoms with van der Waals surface area (Å²) in [6.07, 6.45) is -1.09. The van der Waals surface area contributed by atoms with Crippen LogP contribution in [0.2, 0.25) is 0 Å². The minimum absolute atomic E-state index is 0.0915. The van der Waals surface area contributed by atoms with Gasteiger partial charge in [-0.15, -0.1) is 0 Å². The number of rotatable bonds is 5. The molecular formula is C17H15F4N5. The summed E-state index contributed by atoms with van der Waals surface area (Å²) in [5.74, 6) is -0.118. The standard InChI is InChI=1S/C17H15F4N5/c18-12-3-1-2-11(8-12)6-7-25(13-4-5-13)15-9-14(17(19,20)21)24-16-22-10-23-26(15)16/h1-3,8-10,13H,4-7H2. The van der Waals surface area contributed by atoms with Crippen molar-refractivity contribution in [3.63, 3.8) is 0 Å². The Morgan fingerprint density at radius 1 is 1.19 bits per heavy atom. The summed E-state index contributed by atoms with van der Waals surface area (Å²) in [5, 5.41) is 4.02. The first-order chi connectivity index (χ1) is 12.4. The highest BCUT2D eigenvalue weighted by atomic mass is 19.4. The number of hydrogen-bond acceptors (Lipinski definition) is 4. The van der Waals surface area contributed by atoms with Crippen LogP contribution in [0.1, 0.15) is 24.1 Å². The molecule has 136 valence electrons. The molecule has 2 heterocycles. The van der Waals surface area contributed by atoms with E-state index in [-0.39, 0.29) is 17.6 Å². The van der Waals surface area contributed by atoms with E-state index < -0.39 is 11.9 Å². The molecular weight excluding hydrogens is 350 g/mol. The van der Waals surface area contributed by atoms with E-state index >= 15 is 0 Å². The molecule has 3 aromatic rings. The lowest BCUT2D eigenvalue weighted by atomic mass is 10.1. The number of benzene rings is 1. The summed E-state index contributed by atoms with van der Waals surface area (Å²) >= 11 is 0. The van der Waals surface area contributed by atoms with Gasteiger partial charge >= 0.3 is 6.18 Å². The second kappa shape index (κ2) is 6.22. The molecule has 2 aromatic heterocycles. The molecule has 9 heteroatoms. The summed E-state index contributed by atoms with van der Waals surface area (Å²) in [7, 11) is 0. The topological polar surface area (TPSA) is 46.3 Å². The number of alkyl halides is 3. The van der Waals surface area contributed by atoms with E-state index in [0.29, 0.717) is 18.8 Å². The Kier molecular flexibility index (Phi) is 4.01. The van der Waals surface area contributed by atoms with Crippen molar-refractivity contribution in [1.29, 1.82) is 0 Å². The molecule has 0 saturated heterocycles. The molecule has 0 spiro atoms. The van der Waals surface area contributed by atoms with Gasteiger partial charge in [0.1, 0.15) is 18.0 Å². The van der Waals surface area contributed by atoms with Crippen molar-refractivity contribution in [3.8, 4) is 0 Å². The molecule has 1 saturated carbocycles. The van der Waals surface area contributed by atoms with Crippen LogP contribution in [0, 0.1) is 5.82 Å². The largest absolute Gasteiger partial charge is 0.433 e. The molecule has 0 amide bonds. The zero-order valence-electron chi connectivity index (χ0n) is 13.6. The summed E-state index contributed by atoms with van der Waals surface area (Å²) in [6, 6.07) is 7.36. The number of aromatic nitrogens is 4. The van der Waals surface area contributed by atoms with Gasteiger partial charge in [-0.25, -0.2) is 9.37 Å². The van der Waals surface area contributed by atoms with Gasteiger partial charge in [0.15, 0.2) is 5.69 Å². The highest BCUT2D eigenvalue weighted by molar-refractivity contribution is 5.50. The van der Waals surface area contributed by atoms with Crippen LogP contribution < -0.4 is 4.90 Å². The average Bonchev–Trinajstić information content (AvgIpc) is 3.30. The van der Waals surface area contributed by atoms with Crippen LogP contribution in [0.4, 0.5) is 23.4 Å². The molecule has 1 aromatic carbocycles. The van der Waals surface area contributed by atoms with Crippen LogP contribution in [-0.4, -0.2) is 32.2 Å². The van der Waals surface area contributed by atoms with Crippen LogP contribution in [0.3, 0.4) is 0 Å². The quantitative estimate of drug-likeness (QED) is 0.650. The first kappa shape index (κ1) is 16.7. The van der Waals surface area contributed by atoms with Crippen LogP contribution in [0.25, 0.3) is 5.78 Å². The molecule has 0 N–H and O–H groups in total. The number of hydrogen-bond donors (Lipinski definition) is 0. The minimum Gasteiger partial charge on any atom is -0.353 e. The van der Waals surface area contributed by atoms with Gasteiger partial charge in [0.2, 0.25) is 0 Å². The predicted octanol–water partition coefficient (Wildman–Crippen LogP) is 3.49. The smallest absolute Gasteiger partial charge is 0.353 e. The van der Waals surface area contributed by atoms with Crippen LogP contribution in [0.15, 0.2) is 36.7 Å². The van der Waals surface area contributed by atoms with Crippen molar-refractivity contribution in [2.75, 3.05) is 11.4 Å². The number of halogens is 4. The van der Waals surface area contributed by atoms with Gasteiger partial charge in [0, 0.05) is 18.7 Å². The molecule has 0 unspecified atom stereocenters. The van der Waals surface area contributed by atoms with Crippen molar-refractivity contribution in [1.82, 2.24) is 19.6 Å². The molecule has 0 radical (unpaired) electrons. The van der Waals surface area contributed by atoms with Crippen molar-refractivity contribution in [2.45, 2.75) is 31.5 Å². The Hall–Kier alpha value is -2.71. The van der Waals surface area contributed by atoms with E-state index in [1.165, 1.54) is 23.0 Å². The van der Waals surface area contributed by atoms with Crippen molar-refractivity contribution in [3.05, 3.63) is 53.7 Å². The lowest BCUT2D eigenvalue weighted by Crippen LogP contribution is -2.31. The zero-order valence-corrected chi connectivity index (χ0v) is 13.6. The van der Waals surface area contributed by atoms with E-state index in [4.69, 9.17) is 0 Å². The zero-order chi connectivity index (χ0) is 18.3. The Balaban J connectivity index is 1.69. The van der Waals surface area contributed by atoms with E-state index in [9.17, 15) is 17.6 Å². The van der Waals surface area contributed by atoms with Crippen LogP contribution in [-0.2, 0) is 12.6 Å². The minimum atomic E-state index is -4.57. The van der Waals surface area contributed by atoms with E-state index in [1.54, 1.807) is 12.1 Å². The third-order valence-corrected chi connectivity index (χ3v) is 4.34. The first-order valence-corrected chi connectivity index (χ1v) is 8.21. The van der Waals surface area contributed by atoms with E-state index in [0.717, 1.165) is 24.5 Å². The maximum absolute atomic E-state index is 13.4. The normalized spacial score (nSPS) is 14.8. The Morgan fingerprint density at radius 3 is 2.69 bits per heavy atom. The van der Waals surface area contributed by atoms with Gasteiger partial charge in [-0.05, 0) is 37.0 Å². The third kappa shape index (κ3) is 3.33. The number of fused-ring (bicyclic) bond motifs is 1. The molecule has 1 aliphatic carbocycles. The molecule has 0 atom stereocenters. The Morgan fingerprint density at radius 2 is 2.00 bits per heavy atom. The molecule has 0 aliphatic heterocycles. The van der Waals surface area contributed by atoms with Crippen molar-refractivity contribution < 1.29 is 17.6 Å². The van der Waals surface area contributed by atoms with Crippen molar-refractivity contribution in [2.24, 2.45) is 0 Å². The summed E-state index contributed by atoms with van der Waals surface area (Å²) < 4.78 is 54.3. The van der Waals surface area contributed by atoms with Gasteiger partial charge in [0.05, 0.1) is 0 Å². The molecule has 5 nitrogen and oxygen atoms in total. The van der Waals surface area contributed by atoms with E-state index in [1.807, 2.05) is 4.90 Å². The fourth-order valence-corrected chi connectivity index (χ4v) is 2.96. The van der Waals surface area contributed by atoms with Crippen LogP contribution in [0.5, 0.6) is 0 Å². The molecule has 1 aliphatic rings. The Labute approximate surface area is 146 Å². The average molecular weight is 365 g/mol. The third-order valence-electron chi connectivity index (χ3n) is 4.34. The molecule has 26 heavy (non-hydrogen) atoms. The highest BCUT2D eigenvalue weighted by Gasteiger charge is 2.37. The van der Waals surface area contributed by atoms with E-state index in [2.05, 4.69) is 15.1 Å². The second-order valence-electron chi connectivity index (χ2n) is 6.27. The fraction of sp³-hybridized carbons (Fsp3) is 0.353. The monoisotopic (exact) mass is 365 g/mol. The lowest BCUT2D eigenvalue weighted by Gasteiger charge is -2.25. The molecule has 0 bridgehead atoms. The first-order valence-electron chi connectivity index (χ1n) is 8.21. The molecule has 4 rings (SSSR count).